The van der Waals surface area contributed by atoms with Crippen molar-refractivity contribution in [2.24, 2.45) is 11.1 Å². The first-order chi connectivity index (χ1) is 8.26. The number of nitrogens with one attached hydrogen (secondary N) is 1. The van der Waals surface area contributed by atoms with Gasteiger partial charge in [-0.25, -0.2) is 0 Å². The molecule has 0 aromatic carbocycles. The van der Waals surface area contributed by atoms with E-state index in [1.54, 1.807) is 7.11 Å². The SMILES string of the molecule is CCC1(CNC(CCCN)COC)CCCC1. The van der Waals surface area contributed by atoms with Gasteiger partial charge in [0.15, 0.2) is 0 Å². The molecule has 1 saturated carbocycles. The first-order valence-electron chi connectivity index (χ1n) is 7.19. The van der Waals surface area contributed by atoms with E-state index in [2.05, 4.69) is 12.2 Å². The molecule has 0 aromatic heterocycles. The van der Waals surface area contributed by atoms with Crippen LogP contribution in [-0.4, -0.2) is 32.8 Å². The fourth-order valence-corrected chi connectivity index (χ4v) is 2.95. The third-order valence-corrected chi connectivity index (χ3v) is 4.30. The van der Waals surface area contributed by atoms with E-state index in [9.17, 15) is 0 Å². The number of hydrogen-bond acceptors (Lipinski definition) is 3. The lowest BCUT2D eigenvalue weighted by Gasteiger charge is -2.30. The van der Waals surface area contributed by atoms with Crippen LogP contribution in [0.3, 0.4) is 0 Å². The fraction of sp³-hybridized carbons (Fsp3) is 1.00. The van der Waals surface area contributed by atoms with Crippen molar-refractivity contribution in [1.29, 1.82) is 0 Å². The summed E-state index contributed by atoms with van der Waals surface area (Å²) in [4.78, 5) is 0. The Morgan fingerprint density at radius 3 is 2.59 bits per heavy atom. The maximum atomic E-state index is 5.57. The van der Waals surface area contributed by atoms with Gasteiger partial charge in [0.2, 0.25) is 0 Å². The summed E-state index contributed by atoms with van der Waals surface area (Å²) in [5.74, 6) is 0. The molecule has 1 rings (SSSR count). The minimum absolute atomic E-state index is 0.479. The molecule has 1 aliphatic carbocycles. The summed E-state index contributed by atoms with van der Waals surface area (Å²) in [6.07, 6.45) is 9.13. The third kappa shape index (κ3) is 4.94. The Kier molecular flexibility index (Phi) is 7.09. The molecule has 1 unspecified atom stereocenters. The van der Waals surface area contributed by atoms with E-state index >= 15 is 0 Å². The molecule has 17 heavy (non-hydrogen) atoms. The maximum absolute atomic E-state index is 5.57. The summed E-state index contributed by atoms with van der Waals surface area (Å²) >= 11 is 0. The van der Waals surface area contributed by atoms with Gasteiger partial charge in [-0.05, 0) is 44.1 Å². The molecule has 1 atom stereocenters. The van der Waals surface area contributed by atoms with Gasteiger partial charge < -0.3 is 15.8 Å². The van der Waals surface area contributed by atoms with E-state index in [4.69, 9.17) is 10.5 Å². The van der Waals surface area contributed by atoms with Gasteiger partial charge in [-0.1, -0.05) is 19.8 Å². The number of rotatable bonds is 9. The summed E-state index contributed by atoms with van der Waals surface area (Å²) in [7, 11) is 1.78. The molecule has 0 amide bonds. The van der Waals surface area contributed by atoms with Crippen molar-refractivity contribution in [1.82, 2.24) is 5.32 Å². The average molecular weight is 242 g/mol. The Bertz CT molecular complexity index is 191. The monoisotopic (exact) mass is 242 g/mol. The summed E-state index contributed by atoms with van der Waals surface area (Å²) in [5.41, 5.74) is 6.14. The van der Waals surface area contributed by atoms with Gasteiger partial charge in [0.1, 0.15) is 0 Å². The Morgan fingerprint density at radius 1 is 1.35 bits per heavy atom. The van der Waals surface area contributed by atoms with Crippen LogP contribution in [0.2, 0.25) is 0 Å². The highest BCUT2D eigenvalue weighted by atomic mass is 16.5. The molecule has 0 radical (unpaired) electrons. The summed E-state index contributed by atoms with van der Waals surface area (Å²) in [6.45, 7) is 5.07. The van der Waals surface area contributed by atoms with Crippen molar-refractivity contribution < 1.29 is 4.74 Å². The quantitative estimate of drug-likeness (QED) is 0.652. The van der Waals surface area contributed by atoms with E-state index in [0.717, 1.165) is 32.5 Å². The van der Waals surface area contributed by atoms with E-state index in [0.29, 0.717) is 11.5 Å². The minimum atomic E-state index is 0.479. The minimum Gasteiger partial charge on any atom is -0.383 e. The standard InChI is InChI=1S/C14H30N2O/c1-3-14(8-4-5-9-14)12-16-13(11-17-2)7-6-10-15/h13,16H,3-12,15H2,1-2H3. The van der Waals surface area contributed by atoms with Crippen LogP contribution in [0, 0.1) is 5.41 Å². The zero-order valence-electron chi connectivity index (χ0n) is 11.6. The number of hydrogen-bond donors (Lipinski definition) is 2. The van der Waals surface area contributed by atoms with Crippen LogP contribution < -0.4 is 11.1 Å². The van der Waals surface area contributed by atoms with Crippen LogP contribution in [0.1, 0.15) is 51.9 Å². The largest absolute Gasteiger partial charge is 0.383 e. The van der Waals surface area contributed by atoms with Crippen molar-refractivity contribution in [3.8, 4) is 0 Å². The molecule has 0 aliphatic heterocycles. The van der Waals surface area contributed by atoms with Crippen LogP contribution in [0.4, 0.5) is 0 Å². The van der Waals surface area contributed by atoms with Crippen molar-refractivity contribution in [2.75, 3.05) is 26.8 Å². The Morgan fingerprint density at radius 2 is 2.06 bits per heavy atom. The molecule has 102 valence electrons. The predicted octanol–water partition coefficient (Wildman–Crippen LogP) is 2.30. The number of ether oxygens (including phenoxy) is 1. The van der Waals surface area contributed by atoms with E-state index in [1.807, 2.05) is 0 Å². The molecule has 1 fully saturated rings. The lowest BCUT2D eigenvalue weighted by atomic mass is 9.83. The van der Waals surface area contributed by atoms with Gasteiger partial charge in [-0.3, -0.25) is 0 Å². The second-order valence-corrected chi connectivity index (χ2v) is 5.52. The van der Waals surface area contributed by atoms with Crippen LogP contribution >= 0.6 is 0 Å². The van der Waals surface area contributed by atoms with Gasteiger partial charge >= 0.3 is 0 Å². The molecule has 0 bridgehead atoms. The number of methoxy groups -OCH3 is 1. The average Bonchev–Trinajstić information content (AvgIpc) is 2.82. The lowest BCUT2D eigenvalue weighted by Crippen LogP contribution is -2.41. The summed E-state index contributed by atoms with van der Waals surface area (Å²) in [6, 6.07) is 0.479. The van der Waals surface area contributed by atoms with Crippen LogP contribution in [0.25, 0.3) is 0 Å². The molecular formula is C14H30N2O. The molecule has 0 spiro atoms. The molecule has 3 nitrogen and oxygen atoms in total. The Labute approximate surface area is 106 Å². The van der Waals surface area contributed by atoms with Crippen LogP contribution in [-0.2, 0) is 4.74 Å². The van der Waals surface area contributed by atoms with Crippen molar-refractivity contribution in [3.05, 3.63) is 0 Å². The zero-order chi connectivity index (χ0) is 12.6. The van der Waals surface area contributed by atoms with Crippen LogP contribution in [0.5, 0.6) is 0 Å². The van der Waals surface area contributed by atoms with Gasteiger partial charge in [0, 0.05) is 19.7 Å². The maximum Gasteiger partial charge on any atom is 0.0615 e. The van der Waals surface area contributed by atoms with Gasteiger partial charge in [0.25, 0.3) is 0 Å². The van der Waals surface area contributed by atoms with E-state index in [1.165, 1.54) is 32.1 Å². The van der Waals surface area contributed by atoms with Gasteiger partial charge in [-0.2, -0.15) is 0 Å². The fourth-order valence-electron chi connectivity index (χ4n) is 2.95. The molecule has 0 saturated heterocycles. The molecular weight excluding hydrogens is 212 g/mol. The normalized spacial score (nSPS) is 20.6. The molecule has 0 aromatic rings. The predicted molar refractivity (Wildman–Crippen MR) is 73.1 cm³/mol. The smallest absolute Gasteiger partial charge is 0.0615 e. The lowest BCUT2D eigenvalue weighted by molar-refractivity contribution is 0.149. The van der Waals surface area contributed by atoms with E-state index < -0.39 is 0 Å². The van der Waals surface area contributed by atoms with E-state index in [-0.39, 0.29) is 0 Å². The first kappa shape index (κ1) is 14.9. The third-order valence-electron chi connectivity index (χ3n) is 4.30. The molecule has 0 heterocycles. The van der Waals surface area contributed by atoms with Crippen molar-refractivity contribution in [3.63, 3.8) is 0 Å². The van der Waals surface area contributed by atoms with Crippen molar-refractivity contribution in [2.45, 2.75) is 57.9 Å². The number of nitrogens with two attached hydrogens (primary N) is 1. The summed E-state index contributed by atoms with van der Waals surface area (Å²) in [5, 5.41) is 3.71. The molecule has 3 heteroatoms. The Hall–Kier alpha value is -0.120. The molecule has 3 N–H and O–H groups in total. The molecule has 1 aliphatic rings. The van der Waals surface area contributed by atoms with Gasteiger partial charge in [-0.15, -0.1) is 0 Å². The van der Waals surface area contributed by atoms with Crippen molar-refractivity contribution >= 4 is 0 Å². The summed E-state index contributed by atoms with van der Waals surface area (Å²) < 4.78 is 5.28. The topological polar surface area (TPSA) is 47.3 Å². The highest BCUT2D eigenvalue weighted by Gasteiger charge is 2.32. The van der Waals surface area contributed by atoms with Gasteiger partial charge in [0.05, 0.1) is 6.61 Å². The second-order valence-electron chi connectivity index (χ2n) is 5.52. The highest BCUT2D eigenvalue weighted by Crippen LogP contribution is 2.40. The zero-order valence-corrected chi connectivity index (χ0v) is 11.6. The Balaban J connectivity index is 2.33. The van der Waals surface area contributed by atoms with Crippen LogP contribution in [0.15, 0.2) is 0 Å². The first-order valence-corrected chi connectivity index (χ1v) is 7.19. The second kappa shape index (κ2) is 8.06. The highest BCUT2D eigenvalue weighted by molar-refractivity contribution is 4.86.